The van der Waals surface area contributed by atoms with Gasteiger partial charge in [0.2, 0.25) is 0 Å². The third-order valence-electron chi connectivity index (χ3n) is 5.14. The first-order valence-corrected chi connectivity index (χ1v) is 8.72. The van der Waals surface area contributed by atoms with E-state index in [4.69, 9.17) is 16.3 Å². The summed E-state index contributed by atoms with van der Waals surface area (Å²) in [4.78, 5) is 14.9. The Kier molecular flexibility index (Phi) is 4.01. The molecule has 134 valence electrons. The van der Waals surface area contributed by atoms with E-state index in [1.807, 2.05) is 0 Å². The summed E-state index contributed by atoms with van der Waals surface area (Å²) in [5.41, 5.74) is 1.53. The van der Waals surface area contributed by atoms with Crippen molar-refractivity contribution in [1.82, 2.24) is 4.98 Å². The molecule has 0 atom stereocenters. The van der Waals surface area contributed by atoms with Crippen LogP contribution < -0.4 is 0 Å². The molecule has 1 aliphatic carbocycles. The largest absolute Gasteiger partial charge is 0.465 e. The van der Waals surface area contributed by atoms with Gasteiger partial charge in [-0.05, 0) is 43.0 Å². The second-order valence-corrected chi connectivity index (χ2v) is 7.06. The Morgan fingerprint density at radius 2 is 2.08 bits per heavy atom. The Balaban J connectivity index is 1.82. The second-order valence-electron chi connectivity index (χ2n) is 6.65. The monoisotopic (exact) mass is 373 g/mol. The van der Waals surface area contributed by atoms with Crippen LogP contribution in [0.5, 0.6) is 0 Å². The van der Waals surface area contributed by atoms with Gasteiger partial charge < -0.3 is 14.8 Å². The standard InChI is InChI=1S/C20H17ClFNO3/c1-26-19(24)14-10-23-18-9-16(21)12(8-13(14)18)11-3-4-15(17(22)7-11)20(25)5-2-6-20/h3-4,7-10,23,25H,2,5-6H2,1H3. The highest BCUT2D eigenvalue weighted by molar-refractivity contribution is 6.34. The van der Waals surface area contributed by atoms with Crippen molar-refractivity contribution in [2.45, 2.75) is 24.9 Å². The van der Waals surface area contributed by atoms with Gasteiger partial charge >= 0.3 is 5.97 Å². The van der Waals surface area contributed by atoms with Gasteiger partial charge in [-0.25, -0.2) is 9.18 Å². The number of methoxy groups -OCH3 is 1. The van der Waals surface area contributed by atoms with E-state index < -0.39 is 17.4 Å². The van der Waals surface area contributed by atoms with Gasteiger partial charge in [0.25, 0.3) is 0 Å². The minimum Gasteiger partial charge on any atom is -0.465 e. The van der Waals surface area contributed by atoms with Crippen molar-refractivity contribution in [1.29, 1.82) is 0 Å². The first kappa shape index (κ1) is 17.1. The van der Waals surface area contributed by atoms with Crippen molar-refractivity contribution in [3.63, 3.8) is 0 Å². The third-order valence-corrected chi connectivity index (χ3v) is 5.45. The minimum atomic E-state index is -1.06. The van der Waals surface area contributed by atoms with Gasteiger partial charge in [-0.2, -0.15) is 0 Å². The van der Waals surface area contributed by atoms with Gasteiger partial charge in [-0.15, -0.1) is 0 Å². The van der Waals surface area contributed by atoms with Crippen LogP contribution in [0.25, 0.3) is 22.0 Å². The summed E-state index contributed by atoms with van der Waals surface area (Å²) in [7, 11) is 1.32. The normalized spacial score (nSPS) is 15.7. The van der Waals surface area contributed by atoms with E-state index in [0.717, 1.165) is 6.42 Å². The molecule has 1 saturated carbocycles. The number of aliphatic hydroxyl groups is 1. The molecule has 0 radical (unpaired) electrons. The number of carbonyl (C=O) groups excluding carboxylic acids is 1. The quantitative estimate of drug-likeness (QED) is 0.649. The van der Waals surface area contributed by atoms with Crippen molar-refractivity contribution in [2.24, 2.45) is 0 Å². The molecule has 0 saturated heterocycles. The van der Waals surface area contributed by atoms with E-state index in [2.05, 4.69) is 4.98 Å². The zero-order valence-electron chi connectivity index (χ0n) is 14.1. The van der Waals surface area contributed by atoms with Crippen LogP contribution in [0.4, 0.5) is 4.39 Å². The van der Waals surface area contributed by atoms with Crippen molar-refractivity contribution in [3.05, 3.63) is 58.5 Å². The van der Waals surface area contributed by atoms with Gasteiger partial charge in [0.1, 0.15) is 5.82 Å². The molecular formula is C20H17ClFNO3. The molecule has 2 aromatic carbocycles. The molecular weight excluding hydrogens is 357 g/mol. The molecule has 6 heteroatoms. The van der Waals surface area contributed by atoms with Gasteiger partial charge in [-0.3, -0.25) is 0 Å². The van der Waals surface area contributed by atoms with Crippen LogP contribution in [-0.4, -0.2) is 23.2 Å². The molecule has 2 N–H and O–H groups in total. The second kappa shape index (κ2) is 6.11. The molecule has 1 heterocycles. The fourth-order valence-corrected chi connectivity index (χ4v) is 3.76. The number of esters is 1. The van der Waals surface area contributed by atoms with E-state index in [1.165, 1.54) is 13.2 Å². The summed E-state index contributed by atoms with van der Waals surface area (Å²) < 4.78 is 19.4. The van der Waals surface area contributed by atoms with Gasteiger partial charge in [-0.1, -0.05) is 23.7 Å². The van der Waals surface area contributed by atoms with Crippen molar-refractivity contribution in [2.75, 3.05) is 7.11 Å². The maximum Gasteiger partial charge on any atom is 0.340 e. The lowest BCUT2D eigenvalue weighted by atomic mass is 9.74. The lowest BCUT2D eigenvalue weighted by Gasteiger charge is -2.37. The number of halogens is 2. The molecule has 26 heavy (non-hydrogen) atoms. The number of hydrogen-bond acceptors (Lipinski definition) is 3. The first-order valence-electron chi connectivity index (χ1n) is 8.35. The lowest BCUT2D eigenvalue weighted by Crippen LogP contribution is -2.34. The number of aromatic amines is 1. The predicted molar refractivity (Wildman–Crippen MR) is 97.8 cm³/mol. The molecule has 4 rings (SSSR count). The number of carbonyl (C=O) groups is 1. The molecule has 1 fully saturated rings. The SMILES string of the molecule is COC(=O)c1c[nH]c2cc(Cl)c(-c3ccc(C4(O)CCC4)c(F)c3)cc12. The van der Waals surface area contributed by atoms with E-state index in [9.17, 15) is 14.3 Å². The Bertz CT molecular complexity index is 1020. The Morgan fingerprint density at radius 1 is 1.31 bits per heavy atom. The number of benzene rings is 2. The number of ether oxygens (including phenoxy) is 1. The maximum atomic E-state index is 14.6. The van der Waals surface area contributed by atoms with Crippen LogP contribution in [0.3, 0.4) is 0 Å². The highest BCUT2D eigenvalue weighted by Gasteiger charge is 2.38. The number of fused-ring (bicyclic) bond motifs is 1. The Morgan fingerprint density at radius 3 is 2.69 bits per heavy atom. The zero-order valence-corrected chi connectivity index (χ0v) is 14.9. The van der Waals surface area contributed by atoms with Crippen molar-refractivity contribution >= 4 is 28.5 Å². The highest BCUT2D eigenvalue weighted by Crippen LogP contribution is 2.43. The predicted octanol–water partition coefficient (Wildman–Crippen LogP) is 4.79. The van der Waals surface area contributed by atoms with Gasteiger partial charge in [0.05, 0.1) is 23.3 Å². The number of aromatic nitrogens is 1. The Labute approximate surface area is 154 Å². The number of rotatable bonds is 3. The average molecular weight is 374 g/mol. The van der Waals surface area contributed by atoms with Crippen LogP contribution in [0.2, 0.25) is 5.02 Å². The number of nitrogens with one attached hydrogen (secondary N) is 1. The summed E-state index contributed by atoms with van der Waals surface area (Å²) in [6.45, 7) is 0. The van der Waals surface area contributed by atoms with Gasteiger partial charge in [0.15, 0.2) is 0 Å². The third kappa shape index (κ3) is 2.59. The first-order chi connectivity index (χ1) is 12.4. The minimum absolute atomic E-state index is 0.321. The lowest BCUT2D eigenvalue weighted by molar-refractivity contribution is -0.0416. The molecule has 0 bridgehead atoms. The van der Waals surface area contributed by atoms with E-state index in [0.29, 0.717) is 51.0 Å². The molecule has 1 aliphatic rings. The zero-order chi connectivity index (χ0) is 18.5. The molecule has 0 unspecified atom stereocenters. The smallest absolute Gasteiger partial charge is 0.340 e. The highest BCUT2D eigenvalue weighted by atomic mass is 35.5. The maximum absolute atomic E-state index is 14.6. The summed E-state index contributed by atoms with van der Waals surface area (Å²) >= 11 is 6.37. The van der Waals surface area contributed by atoms with Crippen LogP contribution in [0, 0.1) is 5.82 Å². The molecule has 0 spiro atoms. The fraction of sp³-hybridized carbons (Fsp3) is 0.250. The number of H-pyrrole nitrogens is 1. The summed E-state index contributed by atoms with van der Waals surface area (Å²) in [5, 5.41) is 11.5. The van der Waals surface area contributed by atoms with Crippen LogP contribution in [-0.2, 0) is 10.3 Å². The number of hydrogen-bond donors (Lipinski definition) is 2. The topological polar surface area (TPSA) is 62.3 Å². The summed E-state index contributed by atoms with van der Waals surface area (Å²) in [6, 6.07) is 8.18. The van der Waals surface area contributed by atoms with Crippen LogP contribution in [0.1, 0.15) is 35.2 Å². The summed E-state index contributed by atoms with van der Waals surface area (Å²) in [6.07, 6.45) is 3.60. The van der Waals surface area contributed by atoms with E-state index >= 15 is 0 Å². The molecule has 0 aliphatic heterocycles. The molecule has 0 amide bonds. The van der Waals surface area contributed by atoms with Crippen LogP contribution in [0.15, 0.2) is 36.5 Å². The van der Waals surface area contributed by atoms with E-state index in [-0.39, 0.29) is 0 Å². The molecule has 1 aromatic heterocycles. The fourth-order valence-electron chi connectivity index (χ4n) is 3.48. The molecule has 3 aromatic rings. The van der Waals surface area contributed by atoms with Crippen molar-refractivity contribution in [3.8, 4) is 11.1 Å². The average Bonchev–Trinajstić information content (AvgIpc) is 3.01. The van der Waals surface area contributed by atoms with Gasteiger partial charge in [0, 0.05) is 28.2 Å². The van der Waals surface area contributed by atoms with Crippen LogP contribution >= 0.6 is 11.6 Å². The Hall–Kier alpha value is -2.37. The summed E-state index contributed by atoms with van der Waals surface area (Å²) in [5.74, 6) is -0.915. The molecule has 4 nitrogen and oxygen atoms in total. The van der Waals surface area contributed by atoms with Crippen molar-refractivity contribution < 1.29 is 19.0 Å². The van der Waals surface area contributed by atoms with E-state index in [1.54, 1.807) is 30.5 Å².